The van der Waals surface area contributed by atoms with E-state index in [4.69, 9.17) is 4.74 Å². The van der Waals surface area contributed by atoms with Gasteiger partial charge in [-0.15, -0.1) is 0 Å². The molecule has 0 saturated heterocycles. The third-order valence-corrected chi connectivity index (χ3v) is 17.1. The van der Waals surface area contributed by atoms with Gasteiger partial charge < -0.3 is 4.74 Å². The second kappa shape index (κ2) is 14.7. The number of benzene rings is 8. The van der Waals surface area contributed by atoms with E-state index in [0.29, 0.717) is 0 Å². The lowest BCUT2D eigenvalue weighted by Crippen LogP contribution is -2.44. The predicted molar refractivity (Wildman–Crippen MR) is 248 cm³/mol. The molecule has 0 saturated carbocycles. The Kier molecular flexibility index (Phi) is 8.89. The fourth-order valence-corrected chi connectivity index (χ4v) is 14.6. The summed E-state index contributed by atoms with van der Waals surface area (Å²) in [4.78, 5) is 0. The Morgan fingerprint density at radius 1 is 0.345 bits per heavy atom. The second-order valence-corrected chi connectivity index (χ2v) is 19.6. The molecular formula is C55H40OP2. The summed E-state index contributed by atoms with van der Waals surface area (Å²) >= 11 is 0. The van der Waals surface area contributed by atoms with Crippen LogP contribution in [0.15, 0.2) is 218 Å². The van der Waals surface area contributed by atoms with Gasteiger partial charge in [0.25, 0.3) is 0 Å². The molecule has 1 heterocycles. The fourth-order valence-electron chi connectivity index (χ4n) is 9.83. The third kappa shape index (κ3) is 5.61. The molecule has 1 nitrogen and oxygen atoms in total. The smallest absolute Gasteiger partial charge is 0.139 e. The maximum atomic E-state index is 7.82. The quantitative estimate of drug-likeness (QED) is 0.140. The SMILES string of the molecule is C1=CC(C2(C3C=Cc4ccccc43)c3cccc(P(c4ccccc4)c4ccccc4)c3Oc3c(P(c4ccccc4)c4ccccc4)cccc32)c2ccccc21. The molecule has 2 aliphatic carbocycles. The molecule has 2 unspecified atom stereocenters. The van der Waals surface area contributed by atoms with Crippen molar-refractivity contribution < 1.29 is 4.74 Å². The summed E-state index contributed by atoms with van der Waals surface area (Å²) in [6, 6.07) is 76.4. The maximum Gasteiger partial charge on any atom is 0.139 e. The van der Waals surface area contributed by atoms with Crippen molar-refractivity contribution in [1.82, 2.24) is 0 Å². The standard InChI is InChI=1S/C55H40OP2/c1-5-21-41(22-6-1)57(42-23-7-2-8-24-42)51-33-17-31-49-53(51)56-54-50(32-18-34-52(54)58(43-25-9-3-10-26-43)44-27-11-4-12-28-44)55(49,47-37-35-39-19-13-15-29-45(39)47)48-38-36-40-20-14-16-30-46(40)48/h1-38,47-48H. The zero-order valence-electron chi connectivity index (χ0n) is 31.9. The monoisotopic (exact) mass is 778 g/mol. The van der Waals surface area contributed by atoms with Crippen LogP contribution >= 0.6 is 15.8 Å². The Hall–Kier alpha value is -6.10. The lowest BCUT2D eigenvalue weighted by molar-refractivity contribution is 0.352. The Balaban J connectivity index is 1.27. The lowest BCUT2D eigenvalue weighted by Gasteiger charge is -2.49. The van der Waals surface area contributed by atoms with Crippen LogP contribution in [0.3, 0.4) is 0 Å². The Morgan fingerprint density at radius 3 is 1.07 bits per heavy atom. The average molecular weight is 779 g/mol. The molecule has 3 heteroatoms. The van der Waals surface area contributed by atoms with Crippen molar-refractivity contribution in [2.45, 2.75) is 17.3 Å². The molecule has 0 fully saturated rings. The van der Waals surface area contributed by atoms with Gasteiger partial charge in [0, 0.05) is 39.0 Å². The first-order valence-corrected chi connectivity index (χ1v) is 22.8. The summed E-state index contributed by atoms with van der Waals surface area (Å²) in [6.45, 7) is 0. The summed E-state index contributed by atoms with van der Waals surface area (Å²) in [5, 5.41) is 7.70. The molecule has 276 valence electrons. The van der Waals surface area contributed by atoms with Crippen molar-refractivity contribution in [1.29, 1.82) is 0 Å². The van der Waals surface area contributed by atoms with Gasteiger partial charge in [-0.2, -0.15) is 0 Å². The highest BCUT2D eigenvalue weighted by atomic mass is 31.1. The van der Waals surface area contributed by atoms with Gasteiger partial charge in [-0.25, -0.2) is 0 Å². The molecule has 0 spiro atoms. The molecule has 58 heavy (non-hydrogen) atoms. The first-order chi connectivity index (χ1) is 28.8. The van der Waals surface area contributed by atoms with Crippen LogP contribution in [-0.2, 0) is 5.41 Å². The van der Waals surface area contributed by atoms with Crippen LogP contribution in [0.25, 0.3) is 12.2 Å². The molecule has 8 aromatic rings. The summed E-state index contributed by atoms with van der Waals surface area (Å²) in [7, 11) is -1.98. The van der Waals surface area contributed by atoms with Gasteiger partial charge in [-0.1, -0.05) is 231 Å². The van der Waals surface area contributed by atoms with Crippen molar-refractivity contribution in [3.63, 3.8) is 0 Å². The highest BCUT2D eigenvalue weighted by Crippen LogP contribution is 2.65. The van der Waals surface area contributed by atoms with Crippen molar-refractivity contribution >= 4 is 59.8 Å². The molecule has 1 aliphatic heterocycles. The van der Waals surface area contributed by atoms with Crippen LogP contribution in [-0.4, -0.2) is 0 Å². The van der Waals surface area contributed by atoms with Crippen LogP contribution in [0.4, 0.5) is 0 Å². The summed E-state index contributed by atoms with van der Waals surface area (Å²) in [5.74, 6) is 2.06. The van der Waals surface area contributed by atoms with Crippen molar-refractivity contribution in [2.75, 3.05) is 0 Å². The van der Waals surface area contributed by atoms with E-state index in [0.717, 1.165) is 11.5 Å². The van der Waals surface area contributed by atoms with E-state index in [2.05, 4.69) is 231 Å². The molecule has 11 rings (SSSR count). The van der Waals surface area contributed by atoms with E-state index in [1.165, 1.54) is 65.2 Å². The highest BCUT2D eigenvalue weighted by molar-refractivity contribution is 7.80. The molecule has 0 bridgehead atoms. The summed E-state index contributed by atoms with van der Waals surface area (Å²) in [6.07, 6.45) is 9.70. The third-order valence-electron chi connectivity index (χ3n) is 12.2. The molecule has 0 amide bonds. The Bertz CT molecular complexity index is 2560. The van der Waals surface area contributed by atoms with Crippen molar-refractivity contribution in [3.05, 3.63) is 252 Å². The number of hydrogen-bond donors (Lipinski definition) is 0. The van der Waals surface area contributed by atoms with Gasteiger partial charge in [-0.05, 0) is 59.3 Å². The lowest BCUT2D eigenvalue weighted by atomic mass is 9.55. The van der Waals surface area contributed by atoms with E-state index in [-0.39, 0.29) is 11.8 Å². The number of allylic oxidation sites excluding steroid dienone is 2. The molecule has 2 atom stereocenters. The Morgan fingerprint density at radius 2 is 0.690 bits per heavy atom. The highest BCUT2D eigenvalue weighted by Gasteiger charge is 2.56. The number of hydrogen-bond acceptors (Lipinski definition) is 1. The number of para-hydroxylation sites is 2. The zero-order chi connectivity index (χ0) is 38.5. The van der Waals surface area contributed by atoms with Gasteiger partial charge in [0.1, 0.15) is 11.5 Å². The van der Waals surface area contributed by atoms with Crippen molar-refractivity contribution in [2.24, 2.45) is 0 Å². The van der Waals surface area contributed by atoms with Crippen LogP contribution in [0.5, 0.6) is 11.5 Å². The maximum absolute atomic E-state index is 7.82. The Labute approximate surface area is 343 Å². The number of fused-ring (bicyclic) bond motifs is 4. The van der Waals surface area contributed by atoms with Crippen LogP contribution in [0, 0.1) is 0 Å². The average Bonchev–Trinajstić information content (AvgIpc) is 3.93. The second-order valence-electron chi connectivity index (χ2n) is 15.2. The molecule has 0 radical (unpaired) electrons. The van der Waals surface area contributed by atoms with Crippen molar-refractivity contribution in [3.8, 4) is 11.5 Å². The van der Waals surface area contributed by atoms with Gasteiger partial charge >= 0.3 is 0 Å². The number of rotatable bonds is 8. The minimum Gasteiger partial charge on any atom is -0.455 e. The first-order valence-electron chi connectivity index (χ1n) is 20.1. The minimum atomic E-state index is -0.989. The summed E-state index contributed by atoms with van der Waals surface area (Å²) < 4.78 is 7.82. The van der Waals surface area contributed by atoms with E-state index in [9.17, 15) is 0 Å². The van der Waals surface area contributed by atoms with Crippen LogP contribution in [0.2, 0.25) is 0 Å². The molecule has 0 N–H and O–H groups in total. The topological polar surface area (TPSA) is 9.23 Å². The molecule has 8 aromatic carbocycles. The predicted octanol–water partition coefficient (Wildman–Crippen LogP) is 11.2. The van der Waals surface area contributed by atoms with E-state index >= 15 is 0 Å². The van der Waals surface area contributed by atoms with Gasteiger partial charge in [-0.3, -0.25) is 0 Å². The minimum absolute atomic E-state index is 0.0377. The van der Waals surface area contributed by atoms with E-state index in [1.54, 1.807) is 0 Å². The molecular weight excluding hydrogens is 739 g/mol. The zero-order valence-corrected chi connectivity index (χ0v) is 33.7. The van der Waals surface area contributed by atoms with E-state index in [1.807, 2.05) is 0 Å². The largest absolute Gasteiger partial charge is 0.455 e. The van der Waals surface area contributed by atoms with Gasteiger partial charge in [0.15, 0.2) is 0 Å². The first kappa shape index (κ1) is 35.1. The van der Waals surface area contributed by atoms with Crippen LogP contribution < -0.4 is 36.6 Å². The molecule has 0 aromatic heterocycles. The normalized spacial score (nSPS) is 16.7. The van der Waals surface area contributed by atoms with Gasteiger partial charge in [0.05, 0.1) is 0 Å². The molecule has 3 aliphatic rings. The fraction of sp³-hybridized carbons (Fsp3) is 0.0545. The van der Waals surface area contributed by atoms with Crippen LogP contribution in [0.1, 0.15) is 45.2 Å². The van der Waals surface area contributed by atoms with Gasteiger partial charge in [0.2, 0.25) is 0 Å². The summed E-state index contributed by atoms with van der Waals surface area (Å²) in [5.41, 5.74) is 7.23. The van der Waals surface area contributed by atoms with E-state index < -0.39 is 21.3 Å². The number of ether oxygens (including phenoxy) is 1.